The molecule has 0 atom stereocenters. The molecular weight excluding hydrogens is 451 g/mol. The van der Waals surface area contributed by atoms with E-state index in [2.05, 4.69) is 11.3 Å². The summed E-state index contributed by atoms with van der Waals surface area (Å²) in [5.41, 5.74) is -3.93. The second kappa shape index (κ2) is 8.71. The molecule has 1 aliphatic carbocycles. The molecule has 0 unspecified atom stereocenters. The highest BCUT2D eigenvalue weighted by Gasteiger charge is 2.42. The summed E-state index contributed by atoms with van der Waals surface area (Å²) >= 11 is 0. The van der Waals surface area contributed by atoms with Crippen molar-refractivity contribution in [2.45, 2.75) is 43.9 Å². The zero-order valence-electron chi connectivity index (χ0n) is 16.4. The number of hydrogen-bond acceptors (Lipinski definition) is 1. The van der Waals surface area contributed by atoms with Crippen LogP contribution in [-0.4, -0.2) is 0 Å². The van der Waals surface area contributed by atoms with Gasteiger partial charge in [0.25, 0.3) is 0 Å². The minimum atomic E-state index is -5.41. The molecule has 174 valence electrons. The Bertz CT molecular complexity index is 982. The molecule has 0 aliphatic heterocycles. The van der Waals surface area contributed by atoms with Crippen molar-refractivity contribution in [1.82, 2.24) is 0 Å². The summed E-state index contributed by atoms with van der Waals surface area (Å²) in [5.74, 6) is -9.28. The molecule has 32 heavy (non-hydrogen) atoms. The van der Waals surface area contributed by atoms with Gasteiger partial charge in [-0.05, 0) is 49.1 Å². The third-order valence-corrected chi connectivity index (χ3v) is 5.52. The normalized spacial score (nSPS) is 19.7. The maximum absolute atomic E-state index is 14.6. The number of ether oxygens (including phenoxy) is 1. The van der Waals surface area contributed by atoms with Crippen molar-refractivity contribution in [3.63, 3.8) is 0 Å². The lowest BCUT2D eigenvalue weighted by Crippen LogP contribution is -2.25. The van der Waals surface area contributed by atoms with Gasteiger partial charge in [0, 0.05) is 12.1 Å². The summed E-state index contributed by atoms with van der Waals surface area (Å²) in [4.78, 5) is 0. The summed E-state index contributed by atoms with van der Waals surface area (Å²) < 4.78 is 127. The van der Waals surface area contributed by atoms with Crippen molar-refractivity contribution < 1.29 is 44.3 Å². The van der Waals surface area contributed by atoms with Gasteiger partial charge >= 0.3 is 12.3 Å². The first kappa shape index (κ1) is 24.0. The van der Waals surface area contributed by atoms with Crippen LogP contribution >= 0.6 is 0 Å². The quantitative estimate of drug-likeness (QED) is 0.321. The van der Waals surface area contributed by atoms with Crippen LogP contribution in [0.1, 0.15) is 48.3 Å². The van der Waals surface area contributed by atoms with E-state index < -0.39 is 52.4 Å². The van der Waals surface area contributed by atoms with Crippen molar-refractivity contribution >= 4 is 0 Å². The first-order valence-corrected chi connectivity index (χ1v) is 9.59. The molecule has 3 rings (SSSR count). The van der Waals surface area contributed by atoms with Gasteiger partial charge in [-0.1, -0.05) is 12.1 Å². The number of hydrogen-bond donors (Lipinski definition) is 0. The van der Waals surface area contributed by atoms with E-state index >= 15 is 0 Å². The van der Waals surface area contributed by atoms with E-state index in [0.29, 0.717) is 31.7 Å². The molecule has 0 amide bonds. The van der Waals surface area contributed by atoms with E-state index in [9.17, 15) is 39.5 Å². The minimum Gasteiger partial charge on any atom is -0.429 e. The fraction of sp³-hybridized carbons (Fsp3) is 0.364. The zero-order valence-corrected chi connectivity index (χ0v) is 16.4. The van der Waals surface area contributed by atoms with Crippen molar-refractivity contribution in [2.24, 2.45) is 5.92 Å². The highest BCUT2D eigenvalue weighted by Crippen LogP contribution is 2.41. The zero-order chi connectivity index (χ0) is 23.8. The summed E-state index contributed by atoms with van der Waals surface area (Å²) in [7, 11) is 0. The van der Waals surface area contributed by atoms with Crippen molar-refractivity contribution in [3.05, 3.63) is 76.9 Å². The van der Waals surface area contributed by atoms with E-state index in [4.69, 9.17) is 0 Å². The van der Waals surface area contributed by atoms with Crippen LogP contribution in [0.4, 0.5) is 39.5 Å². The van der Waals surface area contributed by atoms with E-state index in [1.165, 1.54) is 0 Å². The highest BCUT2D eigenvalue weighted by atomic mass is 19.4. The van der Waals surface area contributed by atoms with E-state index in [1.807, 2.05) is 0 Å². The van der Waals surface area contributed by atoms with Gasteiger partial charge < -0.3 is 4.74 Å². The summed E-state index contributed by atoms with van der Waals surface area (Å²) in [6, 6.07) is 1.35. The number of halogens is 9. The largest absolute Gasteiger partial charge is 0.429 e. The molecule has 0 spiro atoms. The van der Waals surface area contributed by atoms with Gasteiger partial charge in [-0.15, -0.1) is 6.58 Å². The molecule has 2 aromatic rings. The molecule has 0 aromatic heterocycles. The Morgan fingerprint density at radius 3 is 1.91 bits per heavy atom. The maximum Gasteiger partial charge on any atom is 0.429 e. The van der Waals surface area contributed by atoms with Gasteiger partial charge in [-0.3, -0.25) is 0 Å². The Balaban J connectivity index is 1.88. The predicted molar refractivity (Wildman–Crippen MR) is 97.1 cm³/mol. The molecule has 0 heterocycles. The third-order valence-electron chi connectivity index (χ3n) is 5.52. The number of rotatable bonds is 5. The lowest BCUT2D eigenvalue weighted by Gasteiger charge is -2.28. The fourth-order valence-corrected chi connectivity index (χ4v) is 3.85. The van der Waals surface area contributed by atoms with Gasteiger partial charge in [0.1, 0.15) is 28.5 Å². The van der Waals surface area contributed by atoms with Crippen LogP contribution in [0.5, 0.6) is 5.75 Å². The number of allylic oxidation sites excluding steroid dienone is 1. The second-order valence-corrected chi connectivity index (χ2v) is 7.56. The topological polar surface area (TPSA) is 9.23 Å². The smallest absolute Gasteiger partial charge is 0.429 e. The van der Waals surface area contributed by atoms with Crippen molar-refractivity contribution in [3.8, 4) is 5.75 Å². The lowest BCUT2D eigenvalue weighted by atomic mass is 9.78. The van der Waals surface area contributed by atoms with Crippen LogP contribution < -0.4 is 4.74 Å². The minimum absolute atomic E-state index is 0.0869. The SMILES string of the molecule is C=CC1CCC(c2ccc(C(F)(F)Oc3cc(F)c(C(F)(F)F)c(F)c3)c(F)c2F)CC1. The molecule has 1 aliphatic rings. The fourth-order valence-electron chi connectivity index (χ4n) is 3.85. The number of benzene rings is 2. The molecule has 1 saturated carbocycles. The molecule has 2 aromatic carbocycles. The van der Waals surface area contributed by atoms with Gasteiger partial charge in [-0.2, -0.15) is 22.0 Å². The van der Waals surface area contributed by atoms with E-state index in [-0.39, 0.29) is 29.5 Å². The van der Waals surface area contributed by atoms with Crippen molar-refractivity contribution in [2.75, 3.05) is 0 Å². The van der Waals surface area contributed by atoms with Crippen LogP contribution in [0.25, 0.3) is 0 Å². The third kappa shape index (κ3) is 4.73. The summed E-state index contributed by atoms with van der Waals surface area (Å²) in [6.07, 6.45) is -5.90. The van der Waals surface area contributed by atoms with Crippen LogP contribution in [0.3, 0.4) is 0 Å². The predicted octanol–water partition coefficient (Wildman–Crippen LogP) is 7.85. The molecule has 0 bridgehead atoms. The van der Waals surface area contributed by atoms with Gasteiger partial charge in [0.2, 0.25) is 0 Å². The number of alkyl halides is 5. The first-order chi connectivity index (χ1) is 14.8. The Morgan fingerprint density at radius 1 is 0.844 bits per heavy atom. The standard InChI is InChI=1S/C22H17F9O/c1-2-11-3-5-12(6-4-11)14-7-8-15(20(26)19(14)25)22(30,31)32-13-9-16(23)18(17(24)10-13)21(27,28)29/h2,7-12H,1,3-6H2. The molecule has 10 heteroatoms. The van der Waals surface area contributed by atoms with Crippen LogP contribution in [-0.2, 0) is 12.3 Å². The average Bonchev–Trinajstić information content (AvgIpc) is 2.68. The van der Waals surface area contributed by atoms with Gasteiger partial charge in [0.05, 0.1) is 0 Å². The molecule has 0 radical (unpaired) electrons. The van der Waals surface area contributed by atoms with Crippen molar-refractivity contribution in [1.29, 1.82) is 0 Å². The Hall–Kier alpha value is -2.65. The highest BCUT2D eigenvalue weighted by molar-refractivity contribution is 5.35. The monoisotopic (exact) mass is 468 g/mol. The van der Waals surface area contributed by atoms with E-state index in [0.717, 1.165) is 6.07 Å². The first-order valence-electron chi connectivity index (χ1n) is 9.59. The van der Waals surface area contributed by atoms with Crippen LogP contribution in [0.2, 0.25) is 0 Å². The average molecular weight is 468 g/mol. The Morgan fingerprint density at radius 2 is 1.41 bits per heavy atom. The van der Waals surface area contributed by atoms with Gasteiger partial charge in [0.15, 0.2) is 11.6 Å². The Labute approximate surface area is 177 Å². The lowest BCUT2D eigenvalue weighted by molar-refractivity contribution is -0.188. The van der Waals surface area contributed by atoms with Crippen LogP contribution in [0, 0.1) is 29.2 Å². The molecule has 0 N–H and O–H groups in total. The van der Waals surface area contributed by atoms with Crippen LogP contribution in [0.15, 0.2) is 36.9 Å². The van der Waals surface area contributed by atoms with E-state index in [1.54, 1.807) is 6.08 Å². The van der Waals surface area contributed by atoms with Gasteiger partial charge in [-0.25, -0.2) is 17.6 Å². The maximum atomic E-state index is 14.6. The summed E-state index contributed by atoms with van der Waals surface area (Å²) in [6.45, 7) is 3.68. The second-order valence-electron chi connectivity index (χ2n) is 7.56. The summed E-state index contributed by atoms with van der Waals surface area (Å²) in [5, 5.41) is 0. The molecule has 1 fully saturated rings. The molecule has 1 nitrogen and oxygen atoms in total. The molecular formula is C22H17F9O. The molecule has 0 saturated heterocycles. The Kier molecular flexibility index (Phi) is 6.53.